The van der Waals surface area contributed by atoms with Crippen molar-refractivity contribution in [2.45, 2.75) is 39.3 Å². The molecule has 1 atom stereocenters. The number of carbonyl (C=O) groups is 1. The van der Waals surface area contributed by atoms with Crippen molar-refractivity contribution in [3.63, 3.8) is 0 Å². The second-order valence-corrected chi connectivity index (χ2v) is 7.07. The van der Waals surface area contributed by atoms with Gasteiger partial charge in [-0.15, -0.1) is 0 Å². The number of hydrogen-bond donors (Lipinski definition) is 1. The van der Waals surface area contributed by atoms with Crippen LogP contribution in [0.4, 0.5) is 0 Å². The highest BCUT2D eigenvalue weighted by Crippen LogP contribution is 2.34. The average molecular weight is 378 g/mol. The van der Waals surface area contributed by atoms with Gasteiger partial charge in [0.1, 0.15) is 23.3 Å². The van der Waals surface area contributed by atoms with Crippen molar-refractivity contribution in [2.75, 3.05) is 13.2 Å². The molecule has 5 nitrogen and oxygen atoms in total. The highest BCUT2D eigenvalue weighted by atomic mass is 16.5. The van der Waals surface area contributed by atoms with Gasteiger partial charge in [0.2, 0.25) is 0 Å². The molecule has 0 saturated carbocycles. The molecule has 0 fully saturated rings. The van der Waals surface area contributed by atoms with Crippen molar-refractivity contribution in [3.8, 4) is 11.5 Å². The van der Waals surface area contributed by atoms with Gasteiger partial charge in [-0.2, -0.15) is 0 Å². The van der Waals surface area contributed by atoms with Crippen LogP contribution in [-0.2, 0) is 13.0 Å². The number of ether oxygens (including phenoxy) is 2. The van der Waals surface area contributed by atoms with Crippen LogP contribution in [0.3, 0.4) is 0 Å². The fraction of sp³-hybridized carbons (Fsp3) is 0.348. The second-order valence-electron chi connectivity index (χ2n) is 7.07. The molecular formula is C23H26N2O3. The van der Waals surface area contributed by atoms with Crippen molar-refractivity contribution >= 4 is 16.8 Å². The number of aromatic nitrogens is 1. The van der Waals surface area contributed by atoms with E-state index in [1.54, 1.807) is 0 Å². The van der Waals surface area contributed by atoms with Crippen LogP contribution >= 0.6 is 0 Å². The highest BCUT2D eigenvalue weighted by Gasteiger charge is 2.25. The van der Waals surface area contributed by atoms with Gasteiger partial charge < -0.3 is 19.4 Å². The van der Waals surface area contributed by atoms with Crippen LogP contribution in [0, 0.1) is 0 Å². The van der Waals surface area contributed by atoms with E-state index in [1.807, 2.05) is 55.5 Å². The molecule has 1 aliphatic rings. The first-order chi connectivity index (χ1) is 13.7. The summed E-state index contributed by atoms with van der Waals surface area (Å²) < 4.78 is 13.6. The Balaban J connectivity index is 1.45. The molecule has 28 heavy (non-hydrogen) atoms. The number of benzene rings is 2. The summed E-state index contributed by atoms with van der Waals surface area (Å²) in [4.78, 5) is 12.9. The third kappa shape index (κ3) is 3.57. The number of nitrogens with zero attached hydrogens (tertiary/aromatic N) is 1. The molecule has 1 aromatic heterocycles. The smallest absolute Gasteiger partial charge is 0.267 e. The molecule has 2 aromatic carbocycles. The standard InChI is InChI=1S/C23H26N2O3/c1-3-18-15-25-20(14-17-6-5-7-21(28-18)22(17)25)23(26)24-13-12-16-8-10-19(11-9-16)27-4-2/h5-11,14,18H,3-4,12-13,15H2,1-2H3,(H,24,26). The van der Waals surface area contributed by atoms with Gasteiger partial charge in [0.15, 0.2) is 0 Å². The maximum Gasteiger partial charge on any atom is 0.267 e. The molecule has 0 radical (unpaired) electrons. The van der Waals surface area contributed by atoms with Crippen LogP contribution in [0.5, 0.6) is 11.5 Å². The largest absolute Gasteiger partial charge is 0.494 e. The van der Waals surface area contributed by atoms with Crippen LogP contribution in [0.2, 0.25) is 0 Å². The molecule has 1 aliphatic heterocycles. The van der Waals surface area contributed by atoms with Crippen LogP contribution in [0.1, 0.15) is 36.3 Å². The number of para-hydroxylation sites is 1. The lowest BCUT2D eigenvalue weighted by Gasteiger charge is -2.26. The zero-order chi connectivity index (χ0) is 19.5. The minimum Gasteiger partial charge on any atom is -0.494 e. The summed E-state index contributed by atoms with van der Waals surface area (Å²) in [5, 5.41) is 4.11. The Morgan fingerprint density at radius 2 is 2.04 bits per heavy atom. The lowest BCUT2D eigenvalue weighted by Crippen LogP contribution is -2.32. The first-order valence-electron chi connectivity index (χ1n) is 9.98. The van der Waals surface area contributed by atoms with Gasteiger partial charge in [-0.25, -0.2) is 0 Å². The fourth-order valence-electron chi connectivity index (χ4n) is 3.73. The molecule has 3 aromatic rings. The van der Waals surface area contributed by atoms with Crippen molar-refractivity contribution in [1.29, 1.82) is 0 Å². The van der Waals surface area contributed by atoms with Gasteiger partial charge in [-0.1, -0.05) is 31.2 Å². The lowest BCUT2D eigenvalue weighted by atomic mass is 10.1. The molecular weight excluding hydrogens is 352 g/mol. The predicted octanol–water partition coefficient (Wildman–Crippen LogP) is 4.18. The summed E-state index contributed by atoms with van der Waals surface area (Å²) in [5.74, 6) is 1.70. The zero-order valence-corrected chi connectivity index (χ0v) is 16.4. The zero-order valence-electron chi connectivity index (χ0n) is 16.4. The minimum absolute atomic E-state index is 0.0372. The Bertz CT molecular complexity index is 975. The monoisotopic (exact) mass is 378 g/mol. The third-order valence-electron chi connectivity index (χ3n) is 5.18. The molecule has 1 amide bonds. The average Bonchev–Trinajstić information content (AvgIpc) is 3.09. The van der Waals surface area contributed by atoms with Gasteiger partial charge >= 0.3 is 0 Å². The lowest BCUT2D eigenvalue weighted by molar-refractivity contribution is 0.0938. The number of amides is 1. The van der Waals surface area contributed by atoms with E-state index < -0.39 is 0 Å². The topological polar surface area (TPSA) is 52.5 Å². The summed E-state index contributed by atoms with van der Waals surface area (Å²) >= 11 is 0. The van der Waals surface area contributed by atoms with E-state index in [9.17, 15) is 4.79 Å². The summed E-state index contributed by atoms with van der Waals surface area (Å²) in [6.07, 6.45) is 1.79. The second kappa shape index (κ2) is 7.97. The van der Waals surface area contributed by atoms with Crippen molar-refractivity contribution in [2.24, 2.45) is 0 Å². The van der Waals surface area contributed by atoms with E-state index >= 15 is 0 Å². The molecule has 0 aliphatic carbocycles. The Kier molecular flexibility index (Phi) is 5.24. The molecule has 0 bridgehead atoms. The molecule has 0 spiro atoms. The van der Waals surface area contributed by atoms with Crippen LogP contribution in [-0.4, -0.2) is 29.7 Å². The van der Waals surface area contributed by atoms with Crippen molar-refractivity contribution < 1.29 is 14.3 Å². The van der Waals surface area contributed by atoms with Crippen molar-refractivity contribution in [1.82, 2.24) is 9.88 Å². The molecule has 5 heteroatoms. The Labute approximate surface area is 165 Å². The van der Waals surface area contributed by atoms with E-state index in [0.29, 0.717) is 25.4 Å². The normalized spacial score (nSPS) is 15.3. The first kappa shape index (κ1) is 18.4. The molecule has 2 heterocycles. The molecule has 0 saturated heterocycles. The SMILES string of the molecule is CCOc1ccc(CCNC(=O)c2cc3cccc4c3n2CC(CC)O4)cc1. The van der Waals surface area contributed by atoms with Gasteiger partial charge in [-0.3, -0.25) is 4.79 Å². The number of nitrogens with one attached hydrogen (secondary N) is 1. The molecule has 146 valence electrons. The Morgan fingerprint density at radius 3 is 2.79 bits per heavy atom. The van der Waals surface area contributed by atoms with E-state index in [0.717, 1.165) is 35.2 Å². The Hall–Kier alpha value is -2.95. The summed E-state index contributed by atoms with van der Waals surface area (Å²) in [6.45, 7) is 6.04. The molecule has 4 rings (SSSR count). The predicted molar refractivity (Wildman–Crippen MR) is 110 cm³/mol. The number of rotatable bonds is 7. The molecule has 1 N–H and O–H groups in total. The van der Waals surface area contributed by atoms with E-state index in [-0.39, 0.29) is 12.0 Å². The third-order valence-corrected chi connectivity index (χ3v) is 5.18. The summed E-state index contributed by atoms with van der Waals surface area (Å²) in [5.41, 5.74) is 2.90. The van der Waals surface area contributed by atoms with Crippen LogP contribution in [0.25, 0.3) is 10.9 Å². The van der Waals surface area contributed by atoms with E-state index in [2.05, 4.69) is 16.8 Å². The minimum atomic E-state index is -0.0372. The number of carbonyl (C=O) groups excluding carboxylic acids is 1. The highest BCUT2D eigenvalue weighted by molar-refractivity contribution is 6.00. The van der Waals surface area contributed by atoms with Crippen LogP contribution in [0.15, 0.2) is 48.5 Å². The maximum absolute atomic E-state index is 12.9. The quantitative estimate of drug-likeness (QED) is 0.671. The maximum atomic E-state index is 12.9. The van der Waals surface area contributed by atoms with Gasteiger partial charge in [0, 0.05) is 11.9 Å². The number of hydrogen-bond acceptors (Lipinski definition) is 3. The van der Waals surface area contributed by atoms with E-state index in [4.69, 9.17) is 9.47 Å². The first-order valence-corrected chi connectivity index (χ1v) is 9.98. The summed E-state index contributed by atoms with van der Waals surface area (Å²) in [7, 11) is 0. The van der Waals surface area contributed by atoms with Crippen LogP contribution < -0.4 is 14.8 Å². The van der Waals surface area contributed by atoms with Crippen molar-refractivity contribution in [3.05, 3.63) is 59.8 Å². The van der Waals surface area contributed by atoms with E-state index in [1.165, 1.54) is 5.56 Å². The Morgan fingerprint density at radius 1 is 1.21 bits per heavy atom. The van der Waals surface area contributed by atoms with Gasteiger partial charge in [-0.05, 0) is 49.6 Å². The fourth-order valence-corrected chi connectivity index (χ4v) is 3.73. The van der Waals surface area contributed by atoms with Gasteiger partial charge in [0.05, 0.1) is 18.7 Å². The molecule has 1 unspecified atom stereocenters. The van der Waals surface area contributed by atoms with Gasteiger partial charge in [0.25, 0.3) is 5.91 Å². The summed E-state index contributed by atoms with van der Waals surface area (Å²) in [6, 6.07) is 16.0.